The van der Waals surface area contributed by atoms with Crippen LogP contribution in [-0.2, 0) is 11.2 Å². The van der Waals surface area contributed by atoms with Crippen LogP contribution in [0.4, 0.5) is 0 Å². The number of carbonyl (C=O) groups excluding carboxylic acids is 1. The Labute approximate surface area is 126 Å². The maximum Gasteiger partial charge on any atom is 0.221 e. The number of ether oxygens (including phenoxy) is 1. The summed E-state index contributed by atoms with van der Waals surface area (Å²) in [4.78, 5) is 14.0. The summed E-state index contributed by atoms with van der Waals surface area (Å²) in [5.41, 5.74) is 1.02. The number of phenolic OH excluding ortho intramolecular Hbond substituents is 1. The van der Waals surface area contributed by atoms with Crippen LogP contribution >= 0.6 is 0 Å². The van der Waals surface area contributed by atoms with Crippen LogP contribution in [0.1, 0.15) is 25.8 Å². The first-order chi connectivity index (χ1) is 10.1. The average molecular weight is 294 g/mol. The number of hydrogen-bond donors (Lipinski definition) is 2. The van der Waals surface area contributed by atoms with Crippen molar-refractivity contribution in [2.75, 3.05) is 33.3 Å². The smallest absolute Gasteiger partial charge is 0.221 e. The molecule has 0 radical (unpaired) electrons. The van der Waals surface area contributed by atoms with E-state index in [4.69, 9.17) is 4.74 Å². The molecule has 0 aliphatic rings. The van der Waals surface area contributed by atoms with Gasteiger partial charge in [0.2, 0.25) is 5.91 Å². The van der Waals surface area contributed by atoms with Crippen molar-refractivity contribution in [1.29, 1.82) is 0 Å². The zero-order valence-corrected chi connectivity index (χ0v) is 13.2. The van der Waals surface area contributed by atoms with Crippen molar-refractivity contribution in [2.24, 2.45) is 0 Å². The third-order valence-corrected chi connectivity index (χ3v) is 3.53. The van der Waals surface area contributed by atoms with Gasteiger partial charge in [-0.2, -0.15) is 0 Å². The standard InChI is InChI=1S/C16H26N2O3/c1-4-18(5-2)11-9-16(20)17-10-8-13-6-7-14(19)15(12-13)21-3/h6-7,12,19H,4-5,8-11H2,1-3H3,(H,17,20). The molecular weight excluding hydrogens is 268 g/mol. The Kier molecular flexibility index (Phi) is 7.61. The van der Waals surface area contributed by atoms with Gasteiger partial charge in [-0.1, -0.05) is 19.9 Å². The van der Waals surface area contributed by atoms with E-state index < -0.39 is 0 Å². The van der Waals surface area contributed by atoms with Gasteiger partial charge in [0.1, 0.15) is 0 Å². The van der Waals surface area contributed by atoms with Crippen molar-refractivity contribution >= 4 is 5.91 Å². The van der Waals surface area contributed by atoms with Gasteiger partial charge in [-0.15, -0.1) is 0 Å². The fourth-order valence-electron chi connectivity index (χ4n) is 2.11. The van der Waals surface area contributed by atoms with Gasteiger partial charge in [0, 0.05) is 19.5 Å². The minimum Gasteiger partial charge on any atom is -0.504 e. The number of rotatable bonds is 9. The van der Waals surface area contributed by atoms with Crippen molar-refractivity contribution in [3.8, 4) is 11.5 Å². The highest BCUT2D eigenvalue weighted by Gasteiger charge is 2.06. The highest BCUT2D eigenvalue weighted by atomic mass is 16.5. The Bertz CT molecular complexity index is 445. The van der Waals surface area contributed by atoms with Gasteiger partial charge in [0.05, 0.1) is 7.11 Å². The Morgan fingerprint density at radius 2 is 2.05 bits per heavy atom. The highest BCUT2D eigenvalue weighted by Crippen LogP contribution is 2.26. The lowest BCUT2D eigenvalue weighted by Crippen LogP contribution is -2.31. The van der Waals surface area contributed by atoms with Crippen LogP contribution in [0.25, 0.3) is 0 Å². The normalized spacial score (nSPS) is 10.7. The van der Waals surface area contributed by atoms with E-state index in [2.05, 4.69) is 24.1 Å². The summed E-state index contributed by atoms with van der Waals surface area (Å²) in [7, 11) is 1.52. The van der Waals surface area contributed by atoms with Crippen LogP contribution in [0.3, 0.4) is 0 Å². The van der Waals surface area contributed by atoms with Crippen molar-refractivity contribution in [3.63, 3.8) is 0 Å². The molecule has 5 heteroatoms. The molecule has 5 nitrogen and oxygen atoms in total. The molecule has 0 aliphatic heterocycles. The summed E-state index contributed by atoms with van der Waals surface area (Å²) in [5.74, 6) is 0.664. The molecule has 0 fully saturated rings. The van der Waals surface area contributed by atoms with E-state index in [1.54, 1.807) is 12.1 Å². The maximum absolute atomic E-state index is 11.7. The number of methoxy groups -OCH3 is 1. The zero-order chi connectivity index (χ0) is 15.7. The van der Waals surface area contributed by atoms with Gasteiger partial charge in [-0.3, -0.25) is 4.79 Å². The Morgan fingerprint density at radius 3 is 2.67 bits per heavy atom. The number of hydrogen-bond acceptors (Lipinski definition) is 4. The molecule has 118 valence electrons. The molecule has 2 N–H and O–H groups in total. The lowest BCUT2D eigenvalue weighted by Gasteiger charge is -2.17. The Balaban J connectivity index is 2.31. The molecule has 1 rings (SSSR count). The first-order valence-corrected chi connectivity index (χ1v) is 7.45. The van der Waals surface area contributed by atoms with Crippen molar-refractivity contribution < 1.29 is 14.6 Å². The van der Waals surface area contributed by atoms with Crippen LogP contribution in [0, 0.1) is 0 Å². The first kappa shape index (κ1) is 17.3. The molecule has 1 aromatic rings. The number of nitrogens with zero attached hydrogens (tertiary/aromatic N) is 1. The van der Waals surface area contributed by atoms with Gasteiger partial charge in [-0.25, -0.2) is 0 Å². The maximum atomic E-state index is 11.7. The summed E-state index contributed by atoms with van der Waals surface area (Å²) in [6.07, 6.45) is 1.24. The van der Waals surface area contributed by atoms with Crippen molar-refractivity contribution in [2.45, 2.75) is 26.7 Å². The molecule has 0 aromatic heterocycles. The zero-order valence-electron chi connectivity index (χ0n) is 13.2. The minimum atomic E-state index is 0.0765. The average Bonchev–Trinajstić information content (AvgIpc) is 2.50. The third-order valence-electron chi connectivity index (χ3n) is 3.53. The van der Waals surface area contributed by atoms with E-state index in [1.165, 1.54) is 7.11 Å². The van der Waals surface area contributed by atoms with E-state index in [0.29, 0.717) is 25.1 Å². The molecule has 0 bridgehead atoms. The van der Waals surface area contributed by atoms with Gasteiger partial charge in [-0.05, 0) is 37.2 Å². The lowest BCUT2D eigenvalue weighted by atomic mass is 10.1. The molecule has 0 atom stereocenters. The number of benzene rings is 1. The number of carbonyl (C=O) groups is 1. The number of phenols is 1. The van der Waals surface area contributed by atoms with E-state index in [1.807, 2.05) is 6.07 Å². The molecule has 0 heterocycles. The second-order valence-electron chi connectivity index (χ2n) is 4.88. The molecular formula is C16H26N2O3. The molecule has 21 heavy (non-hydrogen) atoms. The van der Waals surface area contributed by atoms with Crippen LogP contribution in [0.2, 0.25) is 0 Å². The topological polar surface area (TPSA) is 61.8 Å². The molecule has 0 saturated heterocycles. The fourth-order valence-corrected chi connectivity index (χ4v) is 2.11. The molecule has 0 saturated carbocycles. The SMILES string of the molecule is CCN(CC)CCC(=O)NCCc1ccc(O)c(OC)c1. The summed E-state index contributed by atoms with van der Waals surface area (Å²) in [5, 5.41) is 12.4. The molecule has 0 spiro atoms. The lowest BCUT2D eigenvalue weighted by molar-refractivity contribution is -0.121. The van der Waals surface area contributed by atoms with Gasteiger partial charge >= 0.3 is 0 Å². The molecule has 1 aromatic carbocycles. The van der Waals surface area contributed by atoms with Crippen LogP contribution < -0.4 is 10.1 Å². The third kappa shape index (κ3) is 6.04. The summed E-state index contributed by atoms with van der Waals surface area (Å²) in [6, 6.07) is 5.23. The van der Waals surface area contributed by atoms with E-state index >= 15 is 0 Å². The number of nitrogens with one attached hydrogen (secondary N) is 1. The summed E-state index contributed by atoms with van der Waals surface area (Å²) < 4.78 is 5.06. The first-order valence-electron chi connectivity index (χ1n) is 7.45. The molecule has 0 aliphatic carbocycles. The monoisotopic (exact) mass is 294 g/mol. The van der Waals surface area contributed by atoms with Crippen LogP contribution in [0.15, 0.2) is 18.2 Å². The van der Waals surface area contributed by atoms with Gasteiger partial charge in [0.15, 0.2) is 11.5 Å². The predicted octanol–water partition coefficient (Wildman–Crippen LogP) is 1.79. The second-order valence-corrected chi connectivity index (χ2v) is 4.88. The fraction of sp³-hybridized carbons (Fsp3) is 0.562. The second kappa shape index (κ2) is 9.23. The van der Waals surface area contributed by atoms with Crippen molar-refractivity contribution in [3.05, 3.63) is 23.8 Å². The number of aromatic hydroxyl groups is 1. The van der Waals surface area contributed by atoms with Crippen LogP contribution in [-0.4, -0.2) is 49.2 Å². The van der Waals surface area contributed by atoms with Gasteiger partial charge in [0.25, 0.3) is 0 Å². The summed E-state index contributed by atoms with van der Waals surface area (Å²) in [6.45, 7) is 7.52. The quantitative estimate of drug-likeness (QED) is 0.729. The Hall–Kier alpha value is -1.75. The van der Waals surface area contributed by atoms with E-state index in [-0.39, 0.29) is 11.7 Å². The van der Waals surface area contributed by atoms with E-state index in [9.17, 15) is 9.90 Å². The number of amides is 1. The van der Waals surface area contributed by atoms with E-state index in [0.717, 1.165) is 25.2 Å². The predicted molar refractivity (Wildman–Crippen MR) is 83.8 cm³/mol. The molecule has 1 amide bonds. The minimum absolute atomic E-state index is 0.0765. The summed E-state index contributed by atoms with van der Waals surface area (Å²) >= 11 is 0. The Morgan fingerprint density at radius 1 is 1.33 bits per heavy atom. The largest absolute Gasteiger partial charge is 0.504 e. The highest BCUT2D eigenvalue weighted by molar-refractivity contribution is 5.76. The molecule has 0 unspecified atom stereocenters. The van der Waals surface area contributed by atoms with Crippen LogP contribution in [0.5, 0.6) is 11.5 Å². The van der Waals surface area contributed by atoms with Gasteiger partial charge < -0.3 is 20.1 Å². The van der Waals surface area contributed by atoms with Crippen molar-refractivity contribution in [1.82, 2.24) is 10.2 Å².